The smallest absolute Gasteiger partial charge is 0.233 e. The van der Waals surface area contributed by atoms with E-state index >= 15 is 0 Å². The van der Waals surface area contributed by atoms with E-state index in [4.69, 9.17) is 4.74 Å². The number of carbonyl (C=O) groups excluding carboxylic acids is 1. The van der Waals surface area contributed by atoms with Gasteiger partial charge in [0, 0.05) is 6.61 Å². The predicted octanol–water partition coefficient (Wildman–Crippen LogP) is 2.70. The molecule has 1 aromatic carbocycles. The van der Waals surface area contributed by atoms with Crippen LogP contribution >= 0.6 is 12.6 Å². The minimum Gasteiger partial charge on any atom is -0.380 e. The summed E-state index contributed by atoms with van der Waals surface area (Å²) in [5, 5.41) is 2.70. The molecule has 2 unspecified atom stereocenters. The van der Waals surface area contributed by atoms with Gasteiger partial charge in [0.1, 0.15) is 0 Å². The molecule has 4 heteroatoms. The SMILES string of the molecule is CCOCC(NC(=O)C(S)Cc1ccccc1)C(C)C. The minimum atomic E-state index is -0.333. The Kier molecular flexibility index (Phi) is 7.70. The van der Waals surface area contributed by atoms with Crippen LogP contribution in [0.25, 0.3) is 0 Å². The number of hydrogen-bond acceptors (Lipinski definition) is 3. The lowest BCUT2D eigenvalue weighted by Gasteiger charge is -2.23. The van der Waals surface area contributed by atoms with Crippen LogP contribution in [0, 0.1) is 5.92 Å². The Labute approximate surface area is 127 Å². The van der Waals surface area contributed by atoms with E-state index < -0.39 is 0 Å². The quantitative estimate of drug-likeness (QED) is 0.724. The monoisotopic (exact) mass is 295 g/mol. The van der Waals surface area contributed by atoms with Gasteiger partial charge < -0.3 is 10.1 Å². The lowest BCUT2D eigenvalue weighted by atomic mass is 10.0. The molecule has 1 amide bonds. The average Bonchev–Trinajstić information content (AvgIpc) is 2.43. The number of nitrogens with one attached hydrogen (secondary N) is 1. The molecular weight excluding hydrogens is 270 g/mol. The molecule has 0 saturated heterocycles. The number of carbonyl (C=O) groups is 1. The molecule has 0 saturated carbocycles. The fraction of sp³-hybridized carbons (Fsp3) is 0.562. The molecule has 0 fully saturated rings. The first-order valence-corrected chi connectivity index (χ1v) is 7.66. The van der Waals surface area contributed by atoms with E-state index in [-0.39, 0.29) is 17.2 Å². The van der Waals surface area contributed by atoms with Crippen LogP contribution in [0.15, 0.2) is 30.3 Å². The maximum Gasteiger partial charge on any atom is 0.233 e. The molecule has 0 bridgehead atoms. The van der Waals surface area contributed by atoms with Gasteiger partial charge in [-0.2, -0.15) is 12.6 Å². The average molecular weight is 295 g/mol. The van der Waals surface area contributed by atoms with Crippen molar-refractivity contribution in [2.45, 2.75) is 38.5 Å². The fourth-order valence-electron chi connectivity index (χ4n) is 1.85. The van der Waals surface area contributed by atoms with Gasteiger partial charge in [-0.15, -0.1) is 0 Å². The summed E-state index contributed by atoms with van der Waals surface area (Å²) in [5.74, 6) is 0.304. The standard InChI is InChI=1S/C16H25NO2S/c1-4-19-11-14(12(2)3)17-16(18)15(20)10-13-8-6-5-7-9-13/h5-9,12,14-15,20H,4,10-11H2,1-3H3,(H,17,18). The van der Waals surface area contributed by atoms with Gasteiger partial charge in [0.05, 0.1) is 17.9 Å². The predicted molar refractivity (Wildman–Crippen MR) is 86.2 cm³/mol. The number of hydrogen-bond donors (Lipinski definition) is 2. The van der Waals surface area contributed by atoms with Crippen LogP contribution in [-0.2, 0) is 16.0 Å². The van der Waals surface area contributed by atoms with E-state index in [9.17, 15) is 4.79 Å². The van der Waals surface area contributed by atoms with Crippen molar-refractivity contribution in [3.05, 3.63) is 35.9 Å². The molecule has 20 heavy (non-hydrogen) atoms. The van der Waals surface area contributed by atoms with Crippen molar-refractivity contribution in [1.82, 2.24) is 5.32 Å². The largest absolute Gasteiger partial charge is 0.380 e. The number of benzene rings is 1. The molecule has 0 heterocycles. The highest BCUT2D eigenvalue weighted by atomic mass is 32.1. The van der Waals surface area contributed by atoms with Gasteiger partial charge >= 0.3 is 0 Å². The third-order valence-electron chi connectivity index (χ3n) is 3.21. The van der Waals surface area contributed by atoms with E-state index in [1.165, 1.54) is 0 Å². The Balaban J connectivity index is 2.50. The summed E-state index contributed by atoms with van der Waals surface area (Å²) in [6.45, 7) is 7.32. The number of rotatable bonds is 8. The molecule has 0 aromatic heterocycles. The third kappa shape index (κ3) is 5.97. The van der Waals surface area contributed by atoms with Gasteiger partial charge in [0.15, 0.2) is 0 Å². The van der Waals surface area contributed by atoms with E-state index in [2.05, 4.69) is 31.8 Å². The van der Waals surface area contributed by atoms with Gasteiger partial charge in [0.25, 0.3) is 0 Å². The zero-order valence-corrected chi connectivity index (χ0v) is 13.4. The minimum absolute atomic E-state index is 0.0319. The molecule has 112 valence electrons. The molecular formula is C16H25NO2S. The number of thiol groups is 1. The van der Waals surface area contributed by atoms with Crippen LogP contribution in [-0.4, -0.2) is 30.4 Å². The van der Waals surface area contributed by atoms with Gasteiger partial charge in [-0.25, -0.2) is 0 Å². The maximum absolute atomic E-state index is 12.2. The number of ether oxygens (including phenoxy) is 1. The van der Waals surface area contributed by atoms with Crippen LogP contribution in [0.1, 0.15) is 26.3 Å². The van der Waals surface area contributed by atoms with Crippen LogP contribution in [0.5, 0.6) is 0 Å². The van der Waals surface area contributed by atoms with Gasteiger partial charge in [-0.05, 0) is 24.8 Å². The molecule has 1 N–H and O–H groups in total. The van der Waals surface area contributed by atoms with Crippen molar-refractivity contribution in [3.8, 4) is 0 Å². The van der Waals surface area contributed by atoms with E-state index in [0.29, 0.717) is 25.6 Å². The first-order chi connectivity index (χ1) is 9.54. The van der Waals surface area contributed by atoms with Gasteiger partial charge in [-0.3, -0.25) is 4.79 Å². The van der Waals surface area contributed by atoms with Crippen molar-refractivity contribution in [2.75, 3.05) is 13.2 Å². The molecule has 0 radical (unpaired) electrons. The highest BCUT2D eigenvalue weighted by Crippen LogP contribution is 2.10. The Morgan fingerprint density at radius 1 is 1.30 bits per heavy atom. The van der Waals surface area contributed by atoms with Crippen molar-refractivity contribution in [2.24, 2.45) is 5.92 Å². The fourth-order valence-corrected chi connectivity index (χ4v) is 2.14. The summed E-state index contributed by atoms with van der Waals surface area (Å²) >= 11 is 4.42. The van der Waals surface area contributed by atoms with Crippen molar-refractivity contribution < 1.29 is 9.53 Å². The zero-order valence-electron chi connectivity index (χ0n) is 12.5. The highest BCUT2D eigenvalue weighted by molar-refractivity contribution is 7.81. The summed E-state index contributed by atoms with van der Waals surface area (Å²) in [6, 6.07) is 9.97. The van der Waals surface area contributed by atoms with Gasteiger partial charge in [0.2, 0.25) is 5.91 Å². The first-order valence-electron chi connectivity index (χ1n) is 7.14. The van der Waals surface area contributed by atoms with E-state index in [1.54, 1.807) is 0 Å². The van der Waals surface area contributed by atoms with Crippen molar-refractivity contribution >= 4 is 18.5 Å². The highest BCUT2D eigenvalue weighted by Gasteiger charge is 2.20. The number of amides is 1. The van der Waals surface area contributed by atoms with Crippen molar-refractivity contribution in [1.29, 1.82) is 0 Å². The second kappa shape index (κ2) is 9.03. The Morgan fingerprint density at radius 2 is 1.95 bits per heavy atom. The second-order valence-corrected chi connectivity index (χ2v) is 5.85. The Bertz CT molecular complexity index is 395. The van der Waals surface area contributed by atoms with Crippen LogP contribution in [0.4, 0.5) is 0 Å². The van der Waals surface area contributed by atoms with Crippen LogP contribution < -0.4 is 5.32 Å². The Morgan fingerprint density at radius 3 is 2.50 bits per heavy atom. The summed E-state index contributed by atoms with van der Waals surface area (Å²) in [6.07, 6.45) is 0.634. The topological polar surface area (TPSA) is 38.3 Å². The normalized spacial score (nSPS) is 14.1. The maximum atomic E-state index is 12.2. The molecule has 0 aliphatic rings. The molecule has 0 aliphatic carbocycles. The zero-order chi connectivity index (χ0) is 15.0. The van der Waals surface area contributed by atoms with Crippen molar-refractivity contribution in [3.63, 3.8) is 0 Å². The molecule has 0 aliphatic heterocycles. The molecule has 1 aromatic rings. The molecule has 1 rings (SSSR count). The third-order valence-corrected chi connectivity index (χ3v) is 3.63. The van der Waals surface area contributed by atoms with E-state index in [0.717, 1.165) is 5.56 Å². The molecule has 0 spiro atoms. The summed E-state index contributed by atoms with van der Waals surface area (Å²) in [7, 11) is 0. The van der Waals surface area contributed by atoms with Gasteiger partial charge in [-0.1, -0.05) is 44.2 Å². The summed E-state index contributed by atoms with van der Waals surface area (Å²) in [5.41, 5.74) is 1.12. The molecule has 2 atom stereocenters. The lowest BCUT2D eigenvalue weighted by Crippen LogP contribution is -2.45. The second-order valence-electron chi connectivity index (χ2n) is 5.22. The molecule has 3 nitrogen and oxygen atoms in total. The first kappa shape index (κ1) is 17.1. The van der Waals surface area contributed by atoms with Crippen LogP contribution in [0.2, 0.25) is 0 Å². The Hall–Kier alpha value is -1.00. The summed E-state index contributed by atoms with van der Waals surface area (Å²) in [4.78, 5) is 12.2. The van der Waals surface area contributed by atoms with Crippen LogP contribution in [0.3, 0.4) is 0 Å². The van der Waals surface area contributed by atoms with E-state index in [1.807, 2.05) is 37.3 Å². The summed E-state index contributed by atoms with van der Waals surface area (Å²) < 4.78 is 5.42. The lowest BCUT2D eigenvalue weighted by molar-refractivity contribution is -0.122.